The van der Waals surface area contributed by atoms with Crippen LogP contribution < -0.4 is 5.32 Å². The number of carbonyl (C=O) groups excluding carboxylic acids is 1. The topological polar surface area (TPSA) is 50.8 Å². The predicted molar refractivity (Wildman–Crippen MR) is 70.4 cm³/mol. The molecular weight excluding hydrogens is 244 g/mol. The molecule has 1 saturated heterocycles. The van der Waals surface area contributed by atoms with Gasteiger partial charge in [-0.15, -0.1) is 0 Å². The van der Waals surface area contributed by atoms with Crippen molar-refractivity contribution in [3.05, 3.63) is 12.0 Å². The van der Waals surface area contributed by atoms with Crippen molar-refractivity contribution in [2.24, 2.45) is 0 Å². The van der Waals surface area contributed by atoms with E-state index in [4.69, 9.17) is 9.47 Å². The molecule has 19 heavy (non-hydrogen) atoms. The fourth-order valence-electron chi connectivity index (χ4n) is 2.72. The fraction of sp³-hybridized carbons (Fsp3) is 0.786. The summed E-state index contributed by atoms with van der Waals surface area (Å²) in [6.07, 6.45) is 7.37. The molecule has 0 aromatic carbocycles. The van der Waals surface area contributed by atoms with Crippen molar-refractivity contribution in [1.82, 2.24) is 10.2 Å². The summed E-state index contributed by atoms with van der Waals surface area (Å²) in [4.78, 5) is 14.5. The molecular formula is C14H22N2O3. The molecule has 1 unspecified atom stereocenters. The minimum atomic E-state index is -0.00502. The molecule has 1 amide bonds. The second-order valence-electron chi connectivity index (χ2n) is 5.54. The third kappa shape index (κ3) is 3.21. The summed E-state index contributed by atoms with van der Waals surface area (Å²) in [5.41, 5.74) is 0. The lowest BCUT2D eigenvalue weighted by Gasteiger charge is -2.31. The molecule has 2 fully saturated rings. The van der Waals surface area contributed by atoms with Crippen LogP contribution in [0.15, 0.2) is 12.0 Å². The Kier molecular flexibility index (Phi) is 3.92. The summed E-state index contributed by atoms with van der Waals surface area (Å²) < 4.78 is 10.6. The van der Waals surface area contributed by atoms with Gasteiger partial charge in [0.05, 0.1) is 0 Å². The number of ether oxygens (including phenoxy) is 2. The molecule has 5 nitrogen and oxygen atoms in total. The Morgan fingerprint density at radius 1 is 1.32 bits per heavy atom. The van der Waals surface area contributed by atoms with E-state index in [1.165, 1.54) is 19.1 Å². The molecule has 0 radical (unpaired) electrons. The van der Waals surface area contributed by atoms with Crippen LogP contribution in [-0.2, 0) is 14.3 Å². The van der Waals surface area contributed by atoms with Gasteiger partial charge >= 0.3 is 0 Å². The molecule has 0 aromatic heterocycles. The number of amides is 1. The Hall–Kier alpha value is -1.23. The van der Waals surface area contributed by atoms with Gasteiger partial charge in [0.15, 0.2) is 0 Å². The van der Waals surface area contributed by atoms with Crippen molar-refractivity contribution >= 4 is 5.91 Å². The number of carbonyl (C=O) groups is 1. The van der Waals surface area contributed by atoms with E-state index in [2.05, 4.69) is 5.32 Å². The molecule has 1 atom stereocenters. The number of nitrogens with zero attached hydrogens (tertiary/aromatic N) is 1. The van der Waals surface area contributed by atoms with E-state index in [9.17, 15) is 4.79 Å². The second-order valence-corrected chi connectivity index (χ2v) is 5.54. The number of hydrogen-bond acceptors (Lipinski definition) is 4. The van der Waals surface area contributed by atoms with Crippen molar-refractivity contribution in [1.29, 1.82) is 0 Å². The molecule has 106 valence electrons. The molecule has 2 aliphatic heterocycles. The van der Waals surface area contributed by atoms with Crippen molar-refractivity contribution in [3.8, 4) is 0 Å². The van der Waals surface area contributed by atoms with Crippen LogP contribution in [0.3, 0.4) is 0 Å². The maximum atomic E-state index is 12.5. The van der Waals surface area contributed by atoms with Crippen molar-refractivity contribution in [2.75, 3.05) is 26.3 Å². The average molecular weight is 266 g/mol. The molecule has 1 saturated carbocycles. The third-order valence-corrected chi connectivity index (χ3v) is 3.94. The highest BCUT2D eigenvalue weighted by molar-refractivity contribution is 5.91. The van der Waals surface area contributed by atoms with Gasteiger partial charge in [0.25, 0.3) is 5.91 Å². The number of hydrogen-bond donors (Lipinski definition) is 1. The fourth-order valence-corrected chi connectivity index (χ4v) is 2.72. The molecule has 1 N–H and O–H groups in total. The van der Waals surface area contributed by atoms with E-state index in [-0.39, 0.29) is 5.91 Å². The Morgan fingerprint density at radius 2 is 2.21 bits per heavy atom. The van der Waals surface area contributed by atoms with Crippen molar-refractivity contribution in [3.63, 3.8) is 0 Å². The van der Waals surface area contributed by atoms with Crippen LogP contribution in [0.5, 0.6) is 0 Å². The van der Waals surface area contributed by atoms with Crippen molar-refractivity contribution in [2.45, 2.75) is 44.2 Å². The average Bonchev–Trinajstić information content (AvgIpc) is 3.31. The maximum Gasteiger partial charge on any atom is 0.292 e. The summed E-state index contributed by atoms with van der Waals surface area (Å²) in [5.74, 6) is 0.364. The van der Waals surface area contributed by atoms with Gasteiger partial charge in [0.1, 0.15) is 19.5 Å². The summed E-state index contributed by atoms with van der Waals surface area (Å²) in [5, 5.41) is 3.50. The van der Waals surface area contributed by atoms with Crippen LogP contribution in [0.1, 0.15) is 32.1 Å². The first-order valence-corrected chi connectivity index (χ1v) is 7.33. The first-order valence-electron chi connectivity index (χ1n) is 7.33. The van der Waals surface area contributed by atoms with Gasteiger partial charge in [0, 0.05) is 18.6 Å². The van der Waals surface area contributed by atoms with E-state index in [0.717, 1.165) is 32.4 Å². The summed E-state index contributed by atoms with van der Waals surface area (Å²) in [6.45, 7) is 2.87. The zero-order valence-corrected chi connectivity index (χ0v) is 11.3. The van der Waals surface area contributed by atoms with E-state index in [1.54, 1.807) is 0 Å². The minimum absolute atomic E-state index is 0.00502. The smallest absolute Gasteiger partial charge is 0.292 e. The second kappa shape index (κ2) is 5.82. The molecule has 5 heteroatoms. The third-order valence-electron chi connectivity index (χ3n) is 3.94. The standard InChI is InChI=1S/C14H22N2O3/c17-14(13-10-18-7-8-19-13)16(12-4-5-12)9-11-3-1-2-6-15-11/h10-12,15H,1-9H2. The van der Waals surface area contributed by atoms with Gasteiger partial charge < -0.3 is 19.7 Å². The van der Waals surface area contributed by atoms with Gasteiger partial charge in [0.2, 0.25) is 5.76 Å². The zero-order chi connectivity index (χ0) is 13.1. The number of piperidine rings is 1. The molecule has 0 spiro atoms. The van der Waals surface area contributed by atoms with Crippen LogP contribution >= 0.6 is 0 Å². The van der Waals surface area contributed by atoms with E-state index >= 15 is 0 Å². The SMILES string of the molecule is O=C(C1=COCCO1)N(CC1CCCCN1)C1CC1. The zero-order valence-electron chi connectivity index (χ0n) is 11.3. The molecule has 3 rings (SSSR count). The minimum Gasteiger partial charge on any atom is -0.494 e. The van der Waals surface area contributed by atoms with Gasteiger partial charge in [-0.05, 0) is 32.2 Å². The Labute approximate surface area is 113 Å². The van der Waals surface area contributed by atoms with Gasteiger partial charge in [-0.3, -0.25) is 4.79 Å². The van der Waals surface area contributed by atoms with E-state index in [0.29, 0.717) is 31.1 Å². The van der Waals surface area contributed by atoms with Crippen LogP contribution in [-0.4, -0.2) is 49.2 Å². The molecule has 0 aromatic rings. The lowest BCUT2D eigenvalue weighted by molar-refractivity contribution is -0.133. The first kappa shape index (κ1) is 12.8. The van der Waals surface area contributed by atoms with Gasteiger partial charge in [-0.1, -0.05) is 6.42 Å². The predicted octanol–water partition coefficient (Wildman–Crippen LogP) is 1.01. The molecule has 2 heterocycles. The van der Waals surface area contributed by atoms with E-state index in [1.807, 2.05) is 4.90 Å². The Balaban J connectivity index is 1.62. The van der Waals surface area contributed by atoms with Gasteiger partial charge in [-0.2, -0.15) is 0 Å². The van der Waals surface area contributed by atoms with Crippen LogP contribution in [0.2, 0.25) is 0 Å². The van der Waals surface area contributed by atoms with Crippen molar-refractivity contribution < 1.29 is 14.3 Å². The molecule has 0 bridgehead atoms. The number of nitrogens with one attached hydrogen (secondary N) is 1. The quantitative estimate of drug-likeness (QED) is 0.825. The molecule has 3 aliphatic rings. The first-order chi connectivity index (χ1) is 9.34. The van der Waals surface area contributed by atoms with E-state index < -0.39 is 0 Å². The lowest BCUT2D eigenvalue weighted by Crippen LogP contribution is -2.47. The molecule has 1 aliphatic carbocycles. The lowest BCUT2D eigenvalue weighted by atomic mass is 10.0. The summed E-state index contributed by atoms with van der Waals surface area (Å²) in [7, 11) is 0. The Bertz CT molecular complexity index is 360. The van der Waals surface area contributed by atoms with Crippen LogP contribution in [0.4, 0.5) is 0 Å². The summed E-state index contributed by atoms with van der Waals surface area (Å²) >= 11 is 0. The monoisotopic (exact) mass is 266 g/mol. The largest absolute Gasteiger partial charge is 0.494 e. The maximum absolute atomic E-state index is 12.5. The highest BCUT2D eigenvalue weighted by Gasteiger charge is 2.36. The number of rotatable bonds is 4. The van der Waals surface area contributed by atoms with Crippen LogP contribution in [0, 0.1) is 0 Å². The Morgan fingerprint density at radius 3 is 2.84 bits per heavy atom. The summed E-state index contributed by atoms with van der Waals surface area (Å²) in [6, 6.07) is 0.839. The van der Waals surface area contributed by atoms with Crippen LogP contribution in [0.25, 0.3) is 0 Å². The van der Waals surface area contributed by atoms with Gasteiger partial charge in [-0.25, -0.2) is 0 Å². The normalized spacial score (nSPS) is 26.9. The highest BCUT2D eigenvalue weighted by Crippen LogP contribution is 2.29. The highest BCUT2D eigenvalue weighted by atomic mass is 16.6.